The molecule has 43 valence electrons. The molecule has 7 heavy (non-hydrogen) atoms. The molecule has 0 aromatic heterocycles. The Bertz CT molecular complexity index is 29.3. The van der Waals surface area contributed by atoms with Gasteiger partial charge in [-0.1, -0.05) is 6.92 Å². The fourth-order valence-corrected chi connectivity index (χ4v) is 0. The summed E-state index contributed by atoms with van der Waals surface area (Å²) >= 11 is 0.500. The van der Waals surface area contributed by atoms with Crippen molar-refractivity contribution >= 4 is 0 Å². The number of hydrogen-bond donors (Lipinski definition) is 0. The van der Waals surface area contributed by atoms with Gasteiger partial charge in [0.05, 0.1) is 0 Å². The van der Waals surface area contributed by atoms with Gasteiger partial charge in [-0.15, -0.1) is 0 Å². The fourth-order valence-electron chi connectivity index (χ4n) is 0. The van der Waals surface area contributed by atoms with Crippen LogP contribution in [-0.4, -0.2) is 0 Å². The summed E-state index contributed by atoms with van der Waals surface area (Å²) in [5.41, 5.74) is 0. The van der Waals surface area contributed by atoms with Crippen molar-refractivity contribution in [1.29, 1.82) is 0 Å². The van der Waals surface area contributed by atoms with Crippen molar-refractivity contribution in [2.24, 2.45) is 0 Å². The van der Waals surface area contributed by atoms with Crippen LogP contribution in [0.25, 0.3) is 0 Å². The molecule has 2 heteroatoms. The monoisotopic (exact) mass is 180 g/mol. The molecule has 0 aliphatic rings. The Hall–Kier alpha value is 0.540. The van der Waals surface area contributed by atoms with Crippen molar-refractivity contribution in [2.45, 2.75) is 27.2 Å². The standard InChI is InChI=1S/C5H11.Nb.O/c1-4-5(2)3;;/h4H2,1-3H3;;/q-1;;. The van der Waals surface area contributed by atoms with Gasteiger partial charge in [-0.2, -0.15) is 20.3 Å². The molecular weight excluding hydrogens is 169 g/mol. The van der Waals surface area contributed by atoms with E-state index in [-0.39, 0.29) is 0 Å². The molecular formula is C5H11NbO-. The third-order valence-corrected chi connectivity index (χ3v) is 0.707. The molecule has 0 spiro atoms. The van der Waals surface area contributed by atoms with Crippen LogP contribution in [0.15, 0.2) is 0 Å². The molecule has 0 aliphatic heterocycles. The topological polar surface area (TPSA) is 17.1 Å². The fraction of sp³-hybridized carbons (Fsp3) is 0.800. The molecule has 0 atom stereocenters. The summed E-state index contributed by atoms with van der Waals surface area (Å²) in [6.45, 7) is 6.44. The summed E-state index contributed by atoms with van der Waals surface area (Å²) < 4.78 is 8.30. The predicted molar refractivity (Wildman–Crippen MR) is 25.6 cm³/mol. The molecule has 0 saturated carbocycles. The second-order valence-electron chi connectivity index (χ2n) is 1.56. The predicted octanol–water partition coefficient (Wildman–Crippen LogP) is 1.89. The van der Waals surface area contributed by atoms with Gasteiger partial charge in [0.15, 0.2) is 0 Å². The molecule has 0 bridgehead atoms. The van der Waals surface area contributed by atoms with Crippen LogP contribution in [0.2, 0.25) is 0 Å². The first kappa shape index (κ1) is 10.5. The number of hydrogen-bond acceptors (Lipinski definition) is 1. The van der Waals surface area contributed by atoms with E-state index in [0.717, 1.165) is 0 Å². The first-order chi connectivity index (χ1) is 3.27. The Morgan fingerprint density at radius 2 is 1.57 bits per heavy atom. The summed E-state index contributed by atoms with van der Waals surface area (Å²) in [5, 5.41) is 0. The zero-order valence-corrected chi connectivity index (χ0v) is 7.26. The van der Waals surface area contributed by atoms with Crippen molar-refractivity contribution in [3.05, 3.63) is 5.92 Å². The van der Waals surface area contributed by atoms with E-state index in [1.807, 2.05) is 0 Å². The maximum absolute atomic E-state index is 8.30. The summed E-state index contributed by atoms with van der Waals surface area (Å²) in [7, 11) is 0. The molecule has 0 N–H and O–H groups in total. The first-order valence-corrected chi connectivity index (χ1v) is 3.14. The van der Waals surface area contributed by atoms with Crippen LogP contribution in [-0.2, 0) is 24.3 Å². The van der Waals surface area contributed by atoms with Crippen LogP contribution in [0.1, 0.15) is 27.2 Å². The Morgan fingerprint density at radius 3 is 1.57 bits per heavy atom. The van der Waals surface area contributed by atoms with Gasteiger partial charge in [-0.3, -0.25) is 0 Å². The van der Waals surface area contributed by atoms with Crippen molar-refractivity contribution in [3.63, 3.8) is 0 Å². The second kappa shape index (κ2) is 9.74. The quantitative estimate of drug-likeness (QED) is 0.444. The summed E-state index contributed by atoms with van der Waals surface area (Å²) in [6.07, 6.45) is 1.22. The normalized spacial score (nSPS) is 7.29. The van der Waals surface area contributed by atoms with E-state index in [9.17, 15) is 0 Å². The van der Waals surface area contributed by atoms with Gasteiger partial charge < -0.3 is 5.92 Å². The average molecular weight is 180 g/mol. The van der Waals surface area contributed by atoms with E-state index in [0.29, 0.717) is 21.0 Å². The van der Waals surface area contributed by atoms with E-state index in [1.54, 1.807) is 0 Å². The molecule has 0 aromatic carbocycles. The number of rotatable bonds is 1. The Labute approximate surface area is 57.7 Å². The van der Waals surface area contributed by atoms with Crippen molar-refractivity contribution < 1.29 is 24.3 Å². The van der Waals surface area contributed by atoms with E-state index in [1.165, 1.54) is 12.3 Å². The SMILES string of the molecule is CC[C-](C)C.[O]=[Nb]. The minimum atomic E-state index is 0.500. The third-order valence-electron chi connectivity index (χ3n) is 0.707. The molecule has 0 aliphatic carbocycles. The van der Waals surface area contributed by atoms with Crippen LogP contribution in [0.5, 0.6) is 0 Å². The zero-order chi connectivity index (χ0) is 6.28. The maximum atomic E-state index is 8.30. The molecule has 1 nitrogen and oxygen atoms in total. The molecule has 0 amide bonds. The second-order valence-corrected chi connectivity index (χ2v) is 1.56. The summed E-state index contributed by atoms with van der Waals surface area (Å²) in [4.78, 5) is 0. The molecule has 0 fully saturated rings. The van der Waals surface area contributed by atoms with Gasteiger partial charge in [-0.25, -0.2) is 0 Å². The van der Waals surface area contributed by atoms with Gasteiger partial charge in [0.2, 0.25) is 0 Å². The van der Waals surface area contributed by atoms with E-state index < -0.39 is 0 Å². The van der Waals surface area contributed by atoms with E-state index >= 15 is 0 Å². The van der Waals surface area contributed by atoms with Gasteiger partial charge in [0, 0.05) is 0 Å². The van der Waals surface area contributed by atoms with Crippen molar-refractivity contribution in [2.75, 3.05) is 0 Å². The summed E-state index contributed by atoms with van der Waals surface area (Å²) in [5.74, 6) is 1.50. The van der Waals surface area contributed by atoms with Gasteiger partial charge in [-0.05, 0) is 0 Å². The van der Waals surface area contributed by atoms with Crippen LogP contribution in [0.4, 0.5) is 0 Å². The first-order valence-electron chi connectivity index (χ1n) is 2.24. The van der Waals surface area contributed by atoms with Gasteiger partial charge in [0.1, 0.15) is 0 Å². The third kappa shape index (κ3) is 20.9. The van der Waals surface area contributed by atoms with Crippen molar-refractivity contribution in [1.82, 2.24) is 0 Å². The average Bonchev–Trinajstić information content (AvgIpc) is 1.73. The minimum absolute atomic E-state index is 0.500. The van der Waals surface area contributed by atoms with Crippen LogP contribution in [0.3, 0.4) is 0 Å². The summed E-state index contributed by atoms with van der Waals surface area (Å²) in [6, 6.07) is 0. The molecule has 0 aromatic rings. The molecule has 0 saturated heterocycles. The van der Waals surface area contributed by atoms with Crippen LogP contribution < -0.4 is 0 Å². The Balaban J connectivity index is 0. The van der Waals surface area contributed by atoms with Gasteiger partial charge >= 0.3 is 24.3 Å². The zero-order valence-electron chi connectivity index (χ0n) is 5.06. The Kier molecular flexibility index (Phi) is 14.6. The van der Waals surface area contributed by atoms with Crippen molar-refractivity contribution in [3.8, 4) is 0 Å². The van der Waals surface area contributed by atoms with Crippen LogP contribution >= 0.6 is 0 Å². The van der Waals surface area contributed by atoms with E-state index in [4.69, 9.17) is 3.25 Å². The molecule has 0 rings (SSSR count). The molecule has 0 unspecified atom stereocenters. The Morgan fingerprint density at radius 1 is 1.43 bits per heavy atom. The van der Waals surface area contributed by atoms with Crippen LogP contribution in [0, 0.1) is 5.92 Å². The molecule has 0 radical (unpaired) electrons. The van der Waals surface area contributed by atoms with Gasteiger partial charge in [0.25, 0.3) is 0 Å². The molecule has 0 heterocycles. The van der Waals surface area contributed by atoms with E-state index in [2.05, 4.69) is 20.8 Å².